The topological polar surface area (TPSA) is 188 Å². The van der Waals surface area contributed by atoms with Crippen LogP contribution in [0, 0.1) is 66.7 Å². The fourth-order valence-electron chi connectivity index (χ4n) is 10.7. The Morgan fingerprint density at radius 3 is 0.963 bits per heavy atom. The summed E-state index contributed by atoms with van der Waals surface area (Å²) in [5.74, 6) is 4.67. The van der Waals surface area contributed by atoms with Crippen molar-refractivity contribution in [2.75, 3.05) is 0 Å². The molecule has 21 heteroatoms. The Balaban J connectivity index is 1.29. The number of alkyl halides is 6. The van der Waals surface area contributed by atoms with Gasteiger partial charge in [-0.1, -0.05) is 60.7 Å². The van der Waals surface area contributed by atoms with Crippen molar-refractivity contribution >= 4 is 43.6 Å². The molecule has 0 bridgehead atoms. The standard InChI is InChI=1S/C59H41F6N15/c1-27-67-28(2)72-54(71-27)35-12-16-39-40-17-13-36(55-73-29(3)68-30(4)74-55)23-49(40)79(48(39)22-35)47-21-20-43(52-45(58(60,61)62)10-9-11-46(52)59(63,64)65)53(44(47)26-66)80-50-24-37(56-75-31(5)69-32(6)76-56)14-18-41(50)42-19-15-38(25-51(42)80)57-77-33(7)70-34(8)78-57/h9-25H,1-8H3. The SMILES string of the molecule is Cc1nc(C)nc(-c2ccc3c4ccc(-c5nc(C)nc(C)n5)cc4n(-c4ccc(-c5c(C(F)(F)F)cccc5C(F)(F)F)c(-n5c6cc(-c7nc(C)nc(C)n7)ccc6c6ccc(-c7nc(C)nc(C)n7)cc65)c4C#N)c3c2)n1. The second kappa shape index (κ2) is 18.6. The molecule has 6 aromatic heterocycles. The molecule has 0 atom stereocenters. The van der Waals surface area contributed by atoms with Crippen LogP contribution in [0.15, 0.2) is 103 Å². The van der Waals surface area contributed by atoms with E-state index in [-0.39, 0.29) is 39.6 Å². The van der Waals surface area contributed by atoms with Gasteiger partial charge in [0.05, 0.1) is 44.6 Å². The van der Waals surface area contributed by atoms with E-state index in [0.29, 0.717) is 125 Å². The van der Waals surface area contributed by atoms with Crippen LogP contribution < -0.4 is 0 Å². The van der Waals surface area contributed by atoms with Gasteiger partial charge in [0.1, 0.15) is 58.2 Å². The third kappa shape index (κ3) is 8.74. The average molecular weight is 1070 g/mol. The molecule has 0 fully saturated rings. The first-order valence-corrected chi connectivity index (χ1v) is 24.9. The summed E-state index contributed by atoms with van der Waals surface area (Å²) in [6.07, 6.45) is -10.6. The quantitative estimate of drug-likeness (QED) is 0.137. The van der Waals surface area contributed by atoms with Crippen molar-refractivity contribution in [3.8, 4) is 74.1 Å². The van der Waals surface area contributed by atoms with Gasteiger partial charge in [0, 0.05) is 54.9 Å². The minimum absolute atomic E-state index is 0.0966. The monoisotopic (exact) mass is 1070 g/mol. The Morgan fingerprint density at radius 1 is 0.375 bits per heavy atom. The van der Waals surface area contributed by atoms with Gasteiger partial charge in [0.25, 0.3) is 0 Å². The van der Waals surface area contributed by atoms with Crippen molar-refractivity contribution < 1.29 is 26.3 Å². The van der Waals surface area contributed by atoms with E-state index in [4.69, 9.17) is 0 Å². The number of hydrogen-bond acceptors (Lipinski definition) is 13. The van der Waals surface area contributed by atoms with E-state index in [0.717, 1.165) is 6.07 Å². The fourth-order valence-corrected chi connectivity index (χ4v) is 10.7. The van der Waals surface area contributed by atoms with Crippen LogP contribution in [-0.4, -0.2) is 68.9 Å². The van der Waals surface area contributed by atoms with Crippen LogP contribution in [0.25, 0.3) is 112 Å². The molecule has 0 saturated heterocycles. The lowest BCUT2D eigenvalue weighted by Gasteiger charge is -2.24. The molecule has 80 heavy (non-hydrogen) atoms. The number of halogens is 6. The van der Waals surface area contributed by atoms with Crippen molar-refractivity contribution in [3.63, 3.8) is 0 Å². The number of benzene rings is 6. The summed E-state index contributed by atoms with van der Waals surface area (Å²) < 4.78 is 97.4. The van der Waals surface area contributed by atoms with E-state index in [1.807, 2.05) is 36.4 Å². The van der Waals surface area contributed by atoms with Crippen LogP contribution in [0.2, 0.25) is 0 Å². The summed E-state index contributed by atoms with van der Waals surface area (Å²) >= 11 is 0. The van der Waals surface area contributed by atoms with Crippen LogP contribution in [0.3, 0.4) is 0 Å². The van der Waals surface area contributed by atoms with Crippen molar-refractivity contribution in [1.82, 2.24) is 68.9 Å². The van der Waals surface area contributed by atoms with Crippen LogP contribution in [0.5, 0.6) is 0 Å². The van der Waals surface area contributed by atoms with Crippen LogP contribution in [0.1, 0.15) is 63.3 Å². The molecule has 15 nitrogen and oxygen atoms in total. The normalized spacial score (nSPS) is 12.1. The Labute approximate surface area is 450 Å². The first-order valence-electron chi connectivity index (χ1n) is 24.9. The summed E-state index contributed by atoms with van der Waals surface area (Å²) in [6, 6.07) is 28.5. The molecule has 12 rings (SSSR count). The number of nitriles is 1. The molecule has 0 amide bonds. The Kier molecular flexibility index (Phi) is 11.8. The van der Waals surface area contributed by atoms with Crippen molar-refractivity contribution in [3.05, 3.63) is 166 Å². The molecule has 6 aromatic carbocycles. The number of hydrogen-bond donors (Lipinski definition) is 0. The Hall–Kier alpha value is -9.97. The van der Waals surface area contributed by atoms with Gasteiger partial charge < -0.3 is 9.13 Å². The zero-order valence-electron chi connectivity index (χ0n) is 43.8. The van der Waals surface area contributed by atoms with Crippen molar-refractivity contribution in [1.29, 1.82) is 5.26 Å². The van der Waals surface area contributed by atoms with Crippen LogP contribution >= 0.6 is 0 Å². The second-order valence-electron chi connectivity index (χ2n) is 19.3. The smallest absolute Gasteiger partial charge is 0.308 e. The largest absolute Gasteiger partial charge is 0.417 e. The summed E-state index contributed by atoms with van der Waals surface area (Å²) in [7, 11) is 0. The summed E-state index contributed by atoms with van der Waals surface area (Å²) in [5.41, 5.74) is -1.84. The lowest BCUT2D eigenvalue weighted by molar-refractivity contribution is -0.142. The van der Waals surface area contributed by atoms with Gasteiger partial charge >= 0.3 is 12.4 Å². The molecule has 0 N–H and O–H groups in total. The van der Waals surface area contributed by atoms with Gasteiger partial charge in [-0.2, -0.15) is 31.6 Å². The van der Waals surface area contributed by atoms with Gasteiger partial charge in [-0.3, -0.25) is 0 Å². The average Bonchev–Trinajstić information content (AvgIpc) is 4.13. The van der Waals surface area contributed by atoms with Gasteiger partial charge in [-0.25, -0.2) is 59.8 Å². The molecule has 0 aliphatic heterocycles. The molecule has 0 unspecified atom stereocenters. The zero-order chi connectivity index (χ0) is 56.3. The van der Waals surface area contributed by atoms with Gasteiger partial charge in [0.15, 0.2) is 23.3 Å². The van der Waals surface area contributed by atoms with E-state index >= 15 is 26.3 Å². The highest BCUT2D eigenvalue weighted by Crippen LogP contribution is 2.50. The van der Waals surface area contributed by atoms with Gasteiger partial charge in [-0.15, -0.1) is 0 Å². The molecule has 6 heterocycles. The number of aromatic nitrogens is 14. The fraction of sp³-hybridized carbons (Fsp3) is 0.169. The van der Waals surface area contributed by atoms with Crippen LogP contribution in [0.4, 0.5) is 26.3 Å². The maximum atomic E-state index is 15.7. The lowest BCUT2D eigenvalue weighted by atomic mass is 9.90. The van der Waals surface area contributed by atoms with E-state index in [9.17, 15) is 5.26 Å². The van der Waals surface area contributed by atoms with E-state index in [2.05, 4.69) is 65.9 Å². The van der Waals surface area contributed by atoms with E-state index in [1.165, 1.54) is 12.1 Å². The summed E-state index contributed by atoms with van der Waals surface area (Å²) in [4.78, 5) is 54.4. The zero-order valence-corrected chi connectivity index (χ0v) is 43.8. The number of nitrogens with zero attached hydrogens (tertiary/aromatic N) is 15. The molecule has 0 aliphatic rings. The minimum Gasteiger partial charge on any atom is -0.308 e. The third-order valence-electron chi connectivity index (χ3n) is 13.7. The third-order valence-corrected chi connectivity index (χ3v) is 13.7. The summed E-state index contributed by atoms with van der Waals surface area (Å²) in [6.45, 7) is 13.8. The molecule has 0 aliphatic carbocycles. The molecule has 0 radical (unpaired) electrons. The van der Waals surface area contributed by atoms with Crippen molar-refractivity contribution in [2.24, 2.45) is 0 Å². The predicted octanol–water partition coefficient (Wildman–Crippen LogP) is 13.3. The highest BCUT2D eigenvalue weighted by molar-refractivity contribution is 6.13. The van der Waals surface area contributed by atoms with Gasteiger partial charge in [-0.05, 0) is 97.9 Å². The number of aryl methyl sites for hydroxylation is 8. The van der Waals surface area contributed by atoms with E-state index in [1.54, 1.807) is 101 Å². The first-order chi connectivity index (χ1) is 38.1. The Morgan fingerprint density at radius 2 is 0.675 bits per heavy atom. The lowest BCUT2D eigenvalue weighted by Crippen LogP contribution is -2.16. The molecular formula is C59H41F6N15. The molecular weight excluding hydrogens is 1030 g/mol. The molecule has 0 saturated carbocycles. The highest BCUT2D eigenvalue weighted by Gasteiger charge is 2.42. The second-order valence-corrected chi connectivity index (χ2v) is 19.3. The maximum Gasteiger partial charge on any atom is 0.417 e. The Bertz CT molecular complexity index is 4320. The minimum atomic E-state index is -5.32. The first kappa shape index (κ1) is 50.8. The molecule has 12 aromatic rings. The van der Waals surface area contributed by atoms with Crippen molar-refractivity contribution in [2.45, 2.75) is 67.7 Å². The predicted molar refractivity (Wildman–Crippen MR) is 288 cm³/mol. The highest BCUT2D eigenvalue weighted by atomic mass is 19.4. The number of fused-ring (bicyclic) bond motifs is 6. The van der Waals surface area contributed by atoms with Crippen LogP contribution in [-0.2, 0) is 12.4 Å². The summed E-state index contributed by atoms with van der Waals surface area (Å²) in [5, 5.41) is 14.5. The molecule has 0 spiro atoms. The molecule has 394 valence electrons. The van der Waals surface area contributed by atoms with E-state index < -0.39 is 34.6 Å². The van der Waals surface area contributed by atoms with Gasteiger partial charge in [0.2, 0.25) is 0 Å². The maximum absolute atomic E-state index is 15.7. The number of rotatable bonds is 7.